The smallest absolute Gasteiger partial charge is 0.171 e. The zero-order valence-corrected chi connectivity index (χ0v) is 23.3. The molecule has 5 fully saturated rings. The van der Waals surface area contributed by atoms with Crippen molar-refractivity contribution >= 4 is 11.8 Å². The molecule has 2 unspecified atom stereocenters. The lowest BCUT2D eigenvalue weighted by atomic mass is 9.37. The molecule has 198 valence electrons. The number of hydrogen-bond acceptors (Lipinski definition) is 5. The number of fused-ring (bicyclic) bond motifs is 4. The monoisotopic (exact) mass is 512 g/mol. The molecule has 0 bridgehead atoms. The maximum Gasteiger partial charge on any atom is 0.171 e. The summed E-state index contributed by atoms with van der Waals surface area (Å²) in [6, 6.07) is 7.11. The molecule has 8 atom stereocenters. The zero-order chi connectivity index (χ0) is 25.1. The van der Waals surface area contributed by atoms with E-state index >= 15 is 0 Å². The van der Waals surface area contributed by atoms with Crippen molar-refractivity contribution in [1.29, 1.82) is 0 Å². The van der Waals surface area contributed by atoms with Crippen LogP contribution in [0.5, 0.6) is 0 Å². The van der Waals surface area contributed by atoms with Crippen molar-refractivity contribution in [2.24, 2.45) is 34.0 Å². The second-order valence-electron chi connectivity index (χ2n) is 14.5. The maximum atomic E-state index is 12.8. The highest BCUT2D eigenvalue weighted by Crippen LogP contribution is 2.74. The average Bonchev–Trinajstić information content (AvgIpc) is 3.15. The third kappa shape index (κ3) is 3.16. The predicted molar refractivity (Wildman–Crippen MR) is 142 cm³/mol. The minimum Gasteiger partial charge on any atom is -0.393 e. The minimum absolute atomic E-state index is 0.00761. The summed E-state index contributed by atoms with van der Waals surface area (Å²) in [5.74, 6) is 1.41. The fourth-order valence-corrected chi connectivity index (χ4v) is 10.8. The molecule has 5 aliphatic carbocycles. The van der Waals surface area contributed by atoms with Gasteiger partial charge in [0.05, 0.1) is 24.9 Å². The van der Waals surface area contributed by atoms with Crippen molar-refractivity contribution < 1.29 is 19.7 Å². The lowest BCUT2D eigenvalue weighted by Gasteiger charge is -2.70. The Kier molecular flexibility index (Phi) is 5.26. The largest absolute Gasteiger partial charge is 0.393 e. The van der Waals surface area contributed by atoms with Crippen molar-refractivity contribution in [3.8, 4) is 0 Å². The van der Waals surface area contributed by atoms with Crippen molar-refractivity contribution in [2.75, 3.05) is 19.5 Å². The van der Waals surface area contributed by atoms with E-state index in [9.17, 15) is 10.2 Å². The van der Waals surface area contributed by atoms with E-state index < -0.39 is 11.4 Å². The highest BCUT2D eigenvalue weighted by molar-refractivity contribution is 7.98. The van der Waals surface area contributed by atoms with E-state index in [0.29, 0.717) is 43.3 Å². The number of benzene rings is 1. The third-order valence-corrected chi connectivity index (χ3v) is 12.8. The van der Waals surface area contributed by atoms with Crippen LogP contribution in [0.25, 0.3) is 0 Å². The number of aliphatic hydroxyl groups excluding tert-OH is 1. The first-order valence-electron chi connectivity index (χ1n) is 14.4. The van der Waals surface area contributed by atoms with Gasteiger partial charge >= 0.3 is 0 Å². The standard InChI is InChI=1S/C31H44O4S/c1-27(2)17-34-31(35-18-27)12-11-29-14-19-13-20(36-4)5-6-21(19)23-15-28(3)24(7-8-25(28)32)22(26(23)29)9-10-30(29,33)16-31/h5-6,13,22-26,32-33H,7-12,14-18H2,1-4H3/t22-,23?,24-,25-,26?,28-,29-,30+/m0/s1. The van der Waals surface area contributed by atoms with Crippen molar-refractivity contribution in [2.45, 2.75) is 107 Å². The van der Waals surface area contributed by atoms with Crippen LogP contribution in [-0.2, 0) is 15.9 Å². The quantitative estimate of drug-likeness (QED) is 0.457. The van der Waals surface area contributed by atoms with E-state index in [1.807, 2.05) is 11.8 Å². The van der Waals surface area contributed by atoms with Gasteiger partial charge in [-0.3, -0.25) is 0 Å². The van der Waals surface area contributed by atoms with Gasteiger partial charge in [-0.15, -0.1) is 11.8 Å². The molecule has 5 heteroatoms. The minimum atomic E-state index is -0.774. The van der Waals surface area contributed by atoms with Crippen LogP contribution in [0.3, 0.4) is 0 Å². The zero-order valence-electron chi connectivity index (χ0n) is 22.5. The molecular weight excluding hydrogens is 468 g/mol. The molecular formula is C31H44O4S. The van der Waals surface area contributed by atoms with Gasteiger partial charge < -0.3 is 19.7 Å². The summed E-state index contributed by atoms with van der Waals surface area (Å²) in [6.45, 7) is 8.17. The Balaban J connectivity index is 1.34. The fraction of sp³-hybridized carbons (Fsp3) is 0.806. The van der Waals surface area contributed by atoms with Crippen LogP contribution in [0.15, 0.2) is 23.1 Å². The molecule has 1 aromatic carbocycles. The summed E-state index contributed by atoms with van der Waals surface area (Å²) < 4.78 is 13.0. The summed E-state index contributed by atoms with van der Waals surface area (Å²) in [6.07, 6.45) is 10.4. The summed E-state index contributed by atoms with van der Waals surface area (Å²) in [5.41, 5.74) is 2.06. The van der Waals surface area contributed by atoms with Gasteiger partial charge in [-0.1, -0.05) is 26.8 Å². The molecule has 2 N–H and O–H groups in total. The van der Waals surface area contributed by atoms with Gasteiger partial charge in [0, 0.05) is 28.6 Å². The normalized spacial score (nSPS) is 48.0. The van der Waals surface area contributed by atoms with Gasteiger partial charge in [-0.05, 0) is 104 Å². The molecule has 1 heterocycles. The Morgan fingerprint density at radius 2 is 1.78 bits per heavy atom. The van der Waals surface area contributed by atoms with Crippen LogP contribution >= 0.6 is 11.8 Å². The molecule has 1 aromatic rings. The lowest BCUT2D eigenvalue weighted by molar-refractivity contribution is -0.357. The second-order valence-corrected chi connectivity index (χ2v) is 15.4. The van der Waals surface area contributed by atoms with E-state index in [4.69, 9.17) is 9.47 Å². The van der Waals surface area contributed by atoms with Crippen molar-refractivity contribution in [1.82, 2.24) is 0 Å². The summed E-state index contributed by atoms with van der Waals surface area (Å²) >= 11 is 1.81. The van der Waals surface area contributed by atoms with E-state index in [1.54, 1.807) is 0 Å². The highest BCUT2D eigenvalue weighted by Gasteiger charge is 2.72. The Labute approximate surface area is 220 Å². The van der Waals surface area contributed by atoms with Crippen LogP contribution in [0.1, 0.15) is 89.2 Å². The molecule has 0 aromatic heterocycles. The van der Waals surface area contributed by atoms with Crippen molar-refractivity contribution in [3.63, 3.8) is 0 Å². The maximum absolute atomic E-state index is 12.8. The van der Waals surface area contributed by atoms with Gasteiger partial charge in [0.15, 0.2) is 5.79 Å². The third-order valence-electron chi connectivity index (χ3n) is 12.1. The van der Waals surface area contributed by atoms with Crippen LogP contribution in [0.2, 0.25) is 0 Å². The summed E-state index contributed by atoms with van der Waals surface area (Å²) in [7, 11) is 0. The predicted octanol–water partition coefficient (Wildman–Crippen LogP) is 5.93. The number of hydrogen-bond donors (Lipinski definition) is 2. The SMILES string of the molecule is CSc1ccc2c(c1)C[C@]13CCC4(C[C@]1(O)CC[C@@H]1C3C2C[C@]2(C)[C@@H](O)CC[C@@H]12)OCC(C)(C)CO4. The first-order chi connectivity index (χ1) is 17.0. The van der Waals surface area contributed by atoms with Crippen LogP contribution in [0.4, 0.5) is 0 Å². The molecule has 4 saturated carbocycles. The van der Waals surface area contributed by atoms with E-state index in [0.717, 1.165) is 51.4 Å². The molecule has 4 nitrogen and oxygen atoms in total. The number of rotatable bonds is 1. The summed E-state index contributed by atoms with van der Waals surface area (Å²) in [5, 5.41) is 24.0. The number of aliphatic hydroxyl groups is 2. The molecule has 1 aliphatic heterocycles. The van der Waals surface area contributed by atoms with Gasteiger partial charge in [-0.25, -0.2) is 0 Å². The lowest BCUT2D eigenvalue weighted by Crippen LogP contribution is -2.70. The van der Waals surface area contributed by atoms with Crippen LogP contribution in [0, 0.1) is 34.0 Å². The fourth-order valence-electron chi connectivity index (χ4n) is 10.4. The van der Waals surface area contributed by atoms with Crippen molar-refractivity contribution in [3.05, 3.63) is 29.3 Å². The molecule has 1 saturated heterocycles. The van der Waals surface area contributed by atoms with Crippen LogP contribution < -0.4 is 0 Å². The van der Waals surface area contributed by atoms with E-state index in [-0.39, 0.29) is 22.3 Å². The number of thioether (sulfide) groups is 1. The van der Waals surface area contributed by atoms with Crippen LogP contribution in [-0.4, -0.2) is 47.2 Å². The Morgan fingerprint density at radius 3 is 2.53 bits per heavy atom. The molecule has 0 radical (unpaired) electrons. The first kappa shape index (κ1) is 24.5. The summed E-state index contributed by atoms with van der Waals surface area (Å²) in [4.78, 5) is 1.31. The van der Waals surface area contributed by atoms with Gasteiger partial charge in [-0.2, -0.15) is 0 Å². The second kappa shape index (κ2) is 7.75. The molecule has 36 heavy (non-hydrogen) atoms. The highest BCUT2D eigenvalue weighted by atomic mass is 32.2. The number of ether oxygens (including phenoxy) is 2. The topological polar surface area (TPSA) is 58.9 Å². The first-order valence-corrected chi connectivity index (χ1v) is 15.6. The molecule has 6 aliphatic rings. The van der Waals surface area contributed by atoms with Gasteiger partial charge in [0.1, 0.15) is 0 Å². The molecule has 0 amide bonds. The average molecular weight is 513 g/mol. The Bertz CT molecular complexity index is 1060. The van der Waals surface area contributed by atoms with Gasteiger partial charge in [0.2, 0.25) is 0 Å². The Hall–Kier alpha value is -0.590. The molecule has 7 rings (SSSR count). The molecule has 2 spiro atoms. The van der Waals surface area contributed by atoms with Gasteiger partial charge in [0.25, 0.3) is 0 Å². The van der Waals surface area contributed by atoms with E-state index in [2.05, 4.69) is 45.2 Å². The van der Waals surface area contributed by atoms with E-state index in [1.165, 1.54) is 16.0 Å². The Morgan fingerprint density at radius 1 is 1.00 bits per heavy atom.